The van der Waals surface area contributed by atoms with Crippen molar-refractivity contribution in [1.29, 1.82) is 5.26 Å². The molecule has 0 saturated heterocycles. The molecule has 2 aromatic carbocycles. The number of hydrogen-bond acceptors (Lipinski definition) is 4. The van der Waals surface area contributed by atoms with Crippen LogP contribution in [0.15, 0.2) is 55.0 Å². The molecule has 0 fully saturated rings. The van der Waals surface area contributed by atoms with E-state index in [4.69, 9.17) is 4.74 Å². The van der Waals surface area contributed by atoms with Crippen molar-refractivity contribution in [3.05, 3.63) is 77.4 Å². The maximum atomic E-state index is 11.1. The van der Waals surface area contributed by atoms with E-state index in [1.165, 1.54) is 0 Å². The summed E-state index contributed by atoms with van der Waals surface area (Å²) in [6.07, 6.45) is 3.27. The molecule has 5 heteroatoms. The van der Waals surface area contributed by atoms with Gasteiger partial charge in [-0.05, 0) is 47.7 Å². The molecule has 28 heavy (non-hydrogen) atoms. The molecule has 3 aromatic rings. The second-order valence-corrected chi connectivity index (χ2v) is 8.16. The van der Waals surface area contributed by atoms with Crippen LogP contribution in [-0.2, 0) is 18.1 Å². The zero-order valence-electron chi connectivity index (χ0n) is 16.9. The van der Waals surface area contributed by atoms with Crippen molar-refractivity contribution in [1.82, 2.24) is 9.55 Å². The molecule has 0 aliphatic heterocycles. The number of aliphatic hydroxyl groups is 1. The number of benzene rings is 2. The minimum absolute atomic E-state index is 0.0114. The van der Waals surface area contributed by atoms with Gasteiger partial charge in [0.1, 0.15) is 23.2 Å². The topological polar surface area (TPSA) is 71.1 Å². The largest absolute Gasteiger partial charge is 0.456 e. The Morgan fingerprint density at radius 1 is 1.07 bits per heavy atom. The summed E-state index contributed by atoms with van der Waals surface area (Å²) in [6.45, 7) is 8.12. The van der Waals surface area contributed by atoms with Crippen molar-refractivity contribution in [3.8, 4) is 17.6 Å². The van der Waals surface area contributed by atoms with Crippen LogP contribution in [0.4, 0.5) is 0 Å². The van der Waals surface area contributed by atoms with Crippen LogP contribution < -0.4 is 4.74 Å². The van der Waals surface area contributed by atoms with Gasteiger partial charge in [-0.2, -0.15) is 5.26 Å². The molecule has 1 atom stereocenters. The zero-order valence-corrected chi connectivity index (χ0v) is 16.9. The normalized spacial score (nSPS) is 13.6. The van der Waals surface area contributed by atoms with Gasteiger partial charge in [-0.25, -0.2) is 4.98 Å². The lowest BCUT2D eigenvalue weighted by atomic mass is 9.87. The summed E-state index contributed by atoms with van der Waals surface area (Å²) in [6, 6.07) is 15.1. The third-order valence-corrected chi connectivity index (χ3v) is 4.91. The lowest BCUT2D eigenvalue weighted by Gasteiger charge is -2.25. The van der Waals surface area contributed by atoms with Crippen LogP contribution in [0.3, 0.4) is 0 Å². The molecule has 0 aliphatic carbocycles. The highest BCUT2D eigenvalue weighted by atomic mass is 16.5. The number of nitrogens with zero attached hydrogens (tertiary/aromatic N) is 3. The van der Waals surface area contributed by atoms with Crippen LogP contribution in [0, 0.1) is 11.3 Å². The average molecular weight is 375 g/mol. The van der Waals surface area contributed by atoms with Gasteiger partial charge in [0.05, 0.1) is 23.8 Å². The van der Waals surface area contributed by atoms with Gasteiger partial charge in [-0.1, -0.05) is 39.0 Å². The first-order valence-electron chi connectivity index (χ1n) is 9.15. The molecule has 0 spiro atoms. The quantitative estimate of drug-likeness (QED) is 0.721. The number of rotatable bonds is 4. The highest BCUT2D eigenvalue weighted by Crippen LogP contribution is 2.35. The fraction of sp³-hybridized carbons (Fsp3) is 0.304. The maximum Gasteiger partial charge on any atom is 0.145 e. The van der Waals surface area contributed by atoms with Gasteiger partial charge < -0.3 is 14.4 Å². The van der Waals surface area contributed by atoms with E-state index in [9.17, 15) is 10.4 Å². The lowest BCUT2D eigenvalue weighted by Crippen LogP contribution is -2.25. The summed E-state index contributed by atoms with van der Waals surface area (Å²) in [7, 11) is 1.83. The molecule has 1 heterocycles. The minimum Gasteiger partial charge on any atom is -0.456 e. The number of imidazole rings is 1. The van der Waals surface area contributed by atoms with Gasteiger partial charge in [0, 0.05) is 7.05 Å². The smallest absolute Gasteiger partial charge is 0.145 e. The van der Waals surface area contributed by atoms with Gasteiger partial charge in [0.15, 0.2) is 0 Å². The first-order valence-corrected chi connectivity index (χ1v) is 9.15. The van der Waals surface area contributed by atoms with E-state index in [0.717, 1.165) is 5.56 Å². The molecule has 1 unspecified atom stereocenters. The monoisotopic (exact) mass is 375 g/mol. The van der Waals surface area contributed by atoms with Crippen molar-refractivity contribution < 1.29 is 9.84 Å². The van der Waals surface area contributed by atoms with E-state index in [-0.39, 0.29) is 5.41 Å². The number of nitriles is 1. The second kappa shape index (κ2) is 7.14. The maximum absolute atomic E-state index is 11.1. The van der Waals surface area contributed by atoms with Gasteiger partial charge in [-0.15, -0.1) is 0 Å². The number of aryl methyl sites for hydroxylation is 1. The predicted octanol–water partition coefficient (Wildman–Crippen LogP) is 4.64. The Labute approximate surface area is 165 Å². The lowest BCUT2D eigenvalue weighted by molar-refractivity contribution is 0.0939. The van der Waals surface area contributed by atoms with E-state index in [1.54, 1.807) is 42.2 Å². The van der Waals surface area contributed by atoms with Gasteiger partial charge >= 0.3 is 0 Å². The van der Waals surface area contributed by atoms with E-state index in [0.29, 0.717) is 28.3 Å². The van der Waals surface area contributed by atoms with E-state index < -0.39 is 5.60 Å². The number of hydrogen-bond donors (Lipinski definition) is 1. The van der Waals surface area contributed by atoms with Crippen LogP contribution in [0.1, 0.15) is 50.1 Å². The van der Waals surface area contributed by atoms with E-state index in [1.807, 2.05) is 25.2 Å². The highest BCUT2D eigenvalue weighted by molar-refractivity contribution is 5.50. The molecule has 0 radical (unpaired) electrons. The summed E-state index contributed by atoms with van der Waals surface area (Å²) in [5, 5.41) is 20.6. The van der Waals surface area contributed by atoms with Gasteiger partial charge in [-0.3, -0.25) is 0 Å². The fourth-order valence-corrected chi connectivity index (χ4v) is 3.13. The standard InChI is InChI=1S/C23H25N3O2/c1-22(2,3)17-7-6-8-19(11-17)28-20-12-18(10-9-16(20)13-24)23(4,27)21-14-25-15-26(21)5/h6-12,14-15,27H,1-5H3. The molecule has 1 aromatic heterocycles. The molecule has 0 saturated carbocycles. The van der Waals surface area contributed by atoms with Crippen molar-refractivity contribution in [2.75, 3.05) is 0 Å². The predicted molar refractivity (Wildman–Crippen MR) is 108 cm³/mol. The van der Waals surface area contributed by atoms with Crippen LogP contribution >= 0.6 is 0 Å². The Kier molecular flexibility index (Phi) is 5.01. The molecule has 144 valence electrons. The van der Waals surface area contributed by atoms with Crippen molar-refractivity contribution in [2.45, 2.75) is 38.7 Å². The summed E-state index contributed by atoms with van der Waals surface area (Å²) < 4.78 is 7.83. The number of ether oxygens (including phenoxy) is 1. The van der Waals surface area contributed by atoms with Crippen LogP contribution in [0.5, 0.6) is 11.5 Å². The van der Waals surface area contributed by atoms with Crippen LogP contribution in [0.2, 0.25) is 0 Å². The Bertz CT molecular complexity index is 1040. The molecular weight excluding hydrogens is 350 g/mol. The average Bonchev–Trinajstić information content (AvgIpc) is 3.08. The third kappa shape index (κ3) is 3.78. The molecule has 0 amide bonds. The second-order valence-electron chi connectivity index (χ2n) is 8.16. The molecular formula is C23H25N3O2. The Balaban J connectivity index is 2.02. The summed E-state index contributed by atoms with van der Waals surface area (Å²) in [5.74, 6) is 1.06. The minimum atomic E-state index is -1.27. The Morgan fingerprint density at radius 2 is 1.82 bits per heavy atom. The third-order valence-electron chi connectivity index (χ3n) is 4.91. The summed E-state index contributed by atoms with van der Waals surface area (Å²) >= 11 is 0. The highest BCUT2D eigenvalue weighted by Gasteiger charge is 2.29. The van der Waals surface area contributed by atoms with Crippen LogP contribution in [-0.4, -0.2) is 14.7 Å². The SMILES string of the molecule is Cn1cncc1C(C)(O)c1ccc(C#N)c(Oc2cccc(C(C)(C)C)c2)c1. The Hall–Kier alpha value is -3.10. The molecule has 0 bridgehead atoms. The van der Waals surface area contributed by atoms with E-state index in [2.05, 4.69) is 37.9 Å². The zero-order chi connectivity index (χ0) is 20.5. The molecule has 5 nitrogen and oxygen atoms in total. The van der Waals surface area contributed by atoms with Crippen molar-refractivity contribution in [2.24, 2.45) is 7.05 Å². The molecule has 1 N–H and O–H groups in total. The van der Waals surface area contributed by atoms with Crippen LogP contribution in [0.25, 0.3) is 0 Å². The summed E-state index contributed by atoms with van der Waals surface area (Å²) in [4.78, 5) is 4.09. The Morgan fingerprint density at radius 3 is 2.43 bits per heavy atom. The van der Waals surface area contributed by atoms with Crippen molar-refractivity contribution in [3.63, 3.8) is 0 Å². The molecule has 0 aliphatic rings. The molecule has 3 rings (SSSR count). The van der Waals surface area contributed by atoms with Gasteiger partial charge in [0.25, 0.3) is 0 Å². The van der Waals surface area contributed by atoms with E-state index >= 15 is 0 Å². The number of aromatic nitrogens is 2. The summed E-state index contributed by atoms with van der Waals surface area (Å²) in [5.41, 5.74) is 1.54. The first-order chi connectivity index (χ1) is 13.1. The fourth-order valence-electron chi connectivity index (χ4n) is 3.13. The van der Waals surface area contributed by atoms with Crippen molar-refractivity contribution >= 4 is 0 Å². The van der Waals surface area contributed by atoms with Gasteiger partial charge in [0.2, 0.25) is 0 Å². The first kappa shape index (κ1) is 19.7.